The van der Waals surface area contributed by atoms with Gasteiger partial charge in [0, 0.05) is 11.9 Å². The molecule has 2 aromatic heterocycles. The fraction of sp³-hybridized carbons (Fsp3) is 0.182. The van der Waals surface area contributed by atoms with Gasteiger partial charge in [-0.3, -0.25) is 4.79 Å². The molecule has 0 fully saturated rings. The molecule has 0 aliphatic carbocycles. The average Bonchev–Trinajstić information content (AvgIpc) is 2.88. The van der Waals surface area contributed by atoms with Crippen LogP contribution in [0.15, 0.2) is 34.3 Å². The van der Waals surface area contributed by atoms with E-state index in [-0.39, 0.29) is 11.1 Å². The lowest BCUT2D eigenvalue weighted by atomic mass is 10.3. The van der Waals surface area contributed by atoms with Crippen LogP contribution in [0.5, 0.6) is 0 Å². The molecule has 3 nitrogen and oxygen atoms in total. The summed E-state index contributed by atoms with van der Waals surface area (Å²) >= 11 is 7.37. The number of hydrogen-bond acceptors (Lipinski definition) is 3. The third-order valence-corrected chi connectivity index (χ3v) is 3.32. The fourth-order valence-corrected chi connectivity index (χ4v) is 2.31. The molecule has 0 N–H and O–H groups in total. The minimum Gasteiger partial charge on any atom is -0.452 e. The van der Waals surface area contributed by atoms with Crippen LogP contribution in [0.3, 0.4) is 0 Å². The van der Waals surface area contributed by atoms with Gasteiger partial charge in [-0.05, 0) is 29.1 Å². The topological polar surface area (TPSA) is 33.5 Å². The van der Waals surface area contributed by atoms with E-state index in [1.807, 2.05) is 17.5 Å². The third-order valence-electron chi connectivity index (χ3n) is 2.17. The minimum absolute atomic E-state index is 0.132. The first-order chi connectivity index (χ1) is 7.68. The molecule has 0 aliphatic heterocycles. The molecule has 1 amide bonds. The first-order valence-electron chi connectivity index (χ1n) is 4.69. The summed E-state index contributed by atoms with van der Waals surface area (Å²) in [6.07, 6.45) is 1.41. The van der Waals surface area contributed by atoms with Gasteiger partial charge in [0.1, 0.15) is 0 Å². The van der Waals surface area contributed by atoms with E-state index in [1.54, 1.807) is 29.4 Å². The highest BCUT2D eigenvalue weighted by molar-refractivity contribution is 7.09. The van der Waals surface area contributed by atoms with E-state index in [1.165, 1.54) is 6.26 Å². The van der Waals surface area contributed by atoms with Crippen LogP contribution in [0.2, 0.25) is 5.22 Å². The lowest BCUT2D eigenvalue weighted by Crippen LogP contribution is -2.25. The van der Waals surface area contributed by atoms with Gasteiger partial charge in [0.05, 0.1) is 18.4 Å². The molecule has 2 aromatic rings. The molecule has 0 saturated heterocycles. The summed E-state index contributed by atoms with van der Waals surface area (Å²) in [5.41, 5.74) is 0.403. The maximum atomic E-state index is 11.9. The lowest BCUT2D eigenvalue weighted by molar-refractivity contribution is 0.0786. The van der Waals surface area contributed by atoms with Crippen molar-refractivity contribution in [2.45, 2.75) is 6.54 Å². The molecule has 0 bridgehead atoms. The molecular formula is C11H10ClNO2S. The monoisotopic (exact) mass is 255 g/mol. The number of thiophene rings is 1. The molecule has 0 radical (unpaired) electrons. The first-order valence-corrected chi connectivity index (χ1v) is 5.95. The van der Waals surface area contributed by atoms with Crippen LogP contribution in [0, 0.1) is 0 Å². The number of nitrogens with zero attached hydrogens (tertiary/aromatic N) is 1. The van der Waals surface area contributed by atoms with Crippen LogP contribution in [-0.4, -0.2) is 17.9 Å². The Hall–Kier alpha value is -1.26. The van der Waals surface area contributed by atoms with Gasteiger partial charge in [-0.25, -0.2) is 0 Å². The van der Waals surface area contributed by atoms with E-state index in [2.05, 4.69) is 0 Å². The van der Waals surface area contributed by atoms with Crippen molar-refractivity contribution in [3.63, 3.8) is 0 Å². The third kappa shape index (κ3) is 2.28. The second-order valence-corrected chi connectivity index (χ2v) is 4.72. The zero-order valence-corrected chi connectivity index (χ0v) is 10.2. The highest BCUT2D eigenvalue weighted by atomic mass is 35.5. The van der Waals surface area contributed by atoms with Crippen molar-refractivity contribution in [3.05, 3.63) is 45.5 Å². The van der Waals surface area contributed by atoms with Gasteiger partial charge >= 0.3 is 0 Å². The van der Waals surface area contributed by atoms with Crippen LogP contribution < -0.4 is 0 Å². The highest BCUT2D eigenvalue weighted by Crippen LogP contribution is 2.19. The summed E-state index contributed by atoms with van der Waals surface area (Å²) < 4.78 is 4.89. The summed E-state index contributed by atoms with van der Waals surface area (Å²) in [5.74, 6) is -0.132. The van der Waals surface area contributed by atoms with Crippen LogP contribution in [0.1, 0.15) is 15.2 Å². The van der Waals surface area contributed by atoms with E-state index in [9.17, 15) is 4.79 Å². The quantitative estimate of drug-likeness (QED) is 0.843. The Balaban J connectivity index is 2.08. The maximum Gasteiger partial charge on any atom is 0.258 e. The van der Waals surface area contributed by atoms with Crippen molar-refractivity contribution >= 4 is 28.8 Å². The molecule has 0 aliphatic rings. The second kappa shape index (κ2) is 4.72. The molecule has 0 atom stereocenters. The van der Waals surface area contributed by atoms with Crippen molar-refractivity contribution in [2.24, 2.45) is 0 Å². The number of carbonyl (C=O) groups excluding carboxylic acids is 1. The number of hydrogen-bond donors (Lipinski definition) is 0. The van der Waals surface area contributed by atoms with E-state index < -0.39 is 0 Å². The molecule has 2 rings (SSSR count). The number of rotatable bonds is 3. The maximum absolute atomic E-state index is 11.9. The Morgan fingerprint density at radius 1 is 1.56 bits per heavy atom. The molecule has 2 heterocycles. The predicted octanol–water partition coefficient (Wildman–Crippen LogP) is 3.27. The Morgan fingerprint density at radius 2 is 2.38 bits per heavy atom. The molecular weight excluding hydrogens is 246 g/mol. The van der Waals surface area contributed by atoms with Crippen LogP contribution >= 0.6 is 22.9 Å². The van der Waals surface area contributed by atoms with Crippen molar-refractivity contribution in [2.75, 3.05) is 7.05 Å². The van der Waals surface area contributed by atoms with Crippen molar-refractivity contribution in [1.82, 2.24) is 4.90 Å². The van der Waals surface area contributed by atoms with E-state index >= 15 is 0 Å². The molecule has 0 unspecified atom stereocenters. The van der Waals surface area contributed by atoms with E-state index in [0.717, 1.165) is 4.88 Å². The second-order valence-electron chi connectivity index (χ2n) is 3.35. The summed E-state index contributed by atoms with van der Waals surface area (Å²) in [7, 11) is 1.74. The number of furan rings is 1. The molecule has 16 heavy (non-hydrogen) atoms. The zero-order valence-electron chi connectivity index (χ0n) is 8.64. The van der Waals surface area contributed by atoms with Crippen LogP contribution in [0.25, 0.3) is 0 Å². The normalized spacial score (nSPS) is 10.4. The first kappa shape index (κ1) is 11.2. The number of amides is 1. The summed E-state index contributed by atoms with van der Waals surface area (Å²) in [6, 6.07) is 5.53. The highest BCUT2D eigenvalue weighted by Gasteiger charge is 2.17. The van der Waals surface area contributed by atoms with Gasteiger partial charge in [-0.15, -0.1) is 11.3 Å². The lowest BCUT2D eigenvalue weighted by Gasteiger charge is -2.15. The zero-order chi connectivity index (χ0) is 11.5. The standard InChI is InChI=1S/C11H10ClNO2S/c1-13(7-8-3-2-6-16-8)11(14)9-4-5-15-10(9)12/h2-6H,7H2,1H3. The minimum atomic E-state index is -0.132. The molecule has 0 spiro atoms. The van der Waals surface area contributed by atoms with Gasteiger partial charge in [0.15, 0.2) is 0 Å². The molecule has 0 aromatic carbocycles. The Bertz CT molecular complexity index is 478. The smallest absolute Gasteiger partial charge is 0.258 e. The molecule has 5 heteroatoms. The summed E-state index contributed by atoms with van der Waals surface area (Å²) in [4.78, 5) is 14.7. The Morgan fingerprint density at radius 3 is 2.94 bits per heavy atom. The van der Waals surface area contributed by atoms with Crippen molar-refractivity contribution < 1.29 is 9.21 Å². The van der Waals surface area contributed by atoms with Crippen LogP contribution in [0.4, 0.5) is 0 Å². The molecule has 84 valence electrons. The number of halogens is 1. The van der Waals surface area contributed by atoms with Gasteiger partial charge in [-0.1, -0.05) is 6.07 Å². The average molecular weight is 256 g/mol. The van der Waals surface area contributed by atoms with Gasteiger partial charge < -0.3 is 9.32 Å². The van der Waals surface area contributed by atoms with Crippen LogP contribution in [-0.2, 0) is 6.54 Å². The molecule has 0 saturated carbocycles. The van der Waals surface area contributed by atoms with Gasteiger partial charge in [0.25, 0.3) is 5.91 Å². The predicted molar refractivity (Wildman–Crippen MR) is 63.8 cm³/mol. The SMILES string of the molecule is CN(Cc1cccs1)C(=O)c1ccoc1Cl. The van der Waals surface area contributed by atoms with Gasteiger partial charge in [0.2, 0.25) is 5.22 Å². The Labute approximate surface area is 102 Å². The summed E-state index contributed by atoms with van der Waals surface area (Å²) in [5, 5.41) is 2.13. The van der Waals surface area contributed by atoms with E-state index in [4.69, 9.17) is 16.0 Å². The van der Waals surface area contributed by atoms with Crippen molar-refractivity contribution in [1.29, 1.82) is 0 Å². The van der Waals surface area contributed by atoms with E-state index in [0.29, 0.717) is 12.1 Å². The summed E-state index contributed by atoms with van der Waals surface area (Å²) in [6.45, 7) is 0.581. The largest absolute Gasteiger partial charge is 0.452 e. The fourth-order valence-electron chi connectivity index (χ4n) is 1.36. The van der Waals surface area contributed by atoms with Gasteiger partial charge in [-0.2, -0.15) is 0 Å². The van der Waals surface area contributed by atoms with Crippen molar-refractivity contribution in [3.8, 4) is 0 Å². The number of carbonyl (C=O) groups is 1. The Kier molecular flexibility index (Phi) is 3.31.